The normalized spacial score (nSPS) is 25.5. The summed E-state index contributed by atoms with van der Waals surface area (Å²) in [6.07, 6.45) is 14.1. The van der Waals surface area contributed by atoms with Crippen LogP contribution in [-0.4, -0.2) is 59.6 Å². The molecule has 3 fully saturated rings. The van der Waals surface area contributed by atoms with Crippen LogP contribution in [0.1, 0.15) is 68.4 Å². The fourth-order valence-electron chi connectivity index (χ4n) is 7.20. The second kappa shape index (κ2) is 12.9. The first-order valence-corrected chi connectivity index (χ1v) is 14.6. The largest absolute Gasteiger partial charge is 0.480 e. The molecule has 2 aromatic rings. The van der Waals surface area contributed by atoms with Gasteiger partial charge in [0.15, 0.2) is 0 Å². The molecule has 1 saturated carbocycles. The van der Waals surface area contributed by atoms with E-state index >= 15 is 0 Å². The smallest absolute Gasteiger partial charge is 0.321 e. The molecule has 198 valence electrons. The van der Waals surface area contributed by atoms with E-state index in [-0.39, 0.29) is 6.04 Å². The summed E-state index contributed by atoms with van der Waals surface area (Å²) in [5.41, 5.74) is 2.66. The molecule has 0 unspecified atom stereocenters. The molecule has 2 saturated heterocycles. The Morgan fingerprint density at radius 3 is 2.24 bits per heavy atom. The molecule has 1 aliphatic carbocycles. The van der Waals surface area contributed by atoms with Crippen LogP contribution in [0.4, 0.5) is 0 Å². The Kier molecular flexibility index (Phi) is 9.12. The van der Waals surface area contributed by atoms with Crippen LogP contribution >= 0.6 is 0 Å². The fourth-order valence-corrected chi connectivity index (χ4v) is 7.20. The quantitative estimate of drug-likeness (QED) is 0.424. The van der Waals surface area contributed by atoms with E-state index in [9.17, 15) is 9.90 Å². The number of piperidine rings is 1. The standard InChI is InChI=1S/C33H44N2O2/c36-33(37)32(29-17-8-3-9-18-29)35-24-30(31(25-35)28-15-6-2-7-16-28)23-34-21-19-27(20-22-34)14-10-13-26-11-4-1-5-12-26/h1-2,4-7,10-13,15-16,27,29-32H,3,8-9,14,17-25H2,(H,36,37)/b13-10+/t30-,31+,32+/m0/s1. The third-order valence-corrected chi connectivity index (χ3v) is 9.22. The van der Waals surface area contributed by atoms with Gasteiger partial charge in [-0.2, -0.15) is 0 Å². The van der Waals surface area contributed by atoms with Crippen molar-refractivity contribution in [3.8, 4) is 0 Å². The van der Waals surface area contributed by atoms with E-state index in [2.05, 4.69) is 82.6 Å². The lowest BCUT2D eigenvalue weighted by molar-refractivity contribution is -0.145. The predicted octanol–water partition coefficient (Wildman–Crippen LogP) is 6.55. The lowest BCUT2D eigenvalue weighted by Gasteiger charge is -2.35. The Hall–Kier alpha value is -2.43. The maximum atomic E-state index is 12.5. The third-order valence-electron chi connectivity index (χ3n) is 9.22. The van der Waals surface area contributed by atoms with Gasteiger partial charge in [-0.25, -0.2) is 0 Å². The summed E-state index contributed by atoms with van der Waals surface area (Å²) in [7, 11) is 0. The highest BCUT2D eigenvalue weighted by molar-refractivity contribution is 5.74. The van der Waals surface area contributed by atoms with Gasteiger partial charge in [0.2, 0.25) is 0 Å². The minimum atomic E-state index is -0.608. The van der Waals surface area contributed by atoms with Gasteiger partial charge in [0.05, 0.1) is 0 Å². The molecule has 4 nitrogen and oxygen atoms in total. The Morgan fingerprint density at radius 2 is 1.57 bits per heavy atom. The molecule has 0 radical (unpaired) electrons. The minimum Gasteiger partial charge on any atom is -0.480 e. The van der Waals surface area contributed by atoms with Gasteiger partial charge in [0.1, 0.15) is 6.04 Å². The highest BCUT2D eigenvalue weighted by Gasteiger charge is 2.43. The van der Waals surface area contributed by atoms with Crippen LogP contribution in [0.2, 0.25) is 0 Å². The Labute approximate surface area is 223 Å². The number of carboxylic acids is 1. The molecule has 2 aliphatic heterocycles. The van der Waals surface area contributed by atoms with Gasteiger partial charge in [-0.05, 0) is 74.1 Å². The number of hydrogen-bond acceptors (Lipinski definition) is 3. The van der Waals surface area contributed by atoms with Crippen LogP contribution in [0.5, 0.6) is 0 Å². The number of aliphatic carboxylic acids is 1. The maximum absolute atomic E-state index is 12.5. The lowest BCUT2D eigenvalue weighted by atomic mass is 9.83. The van der Waals surface area contributed by atoms with E-state index in [0.29, 0.717) is 17.8 Å². The third kappa shape index (κ3) is 6.91. The van der Waals surface area contributed by atoms with Crippen LogP contribution in [0.25, 0.3) is 6.08 Å². The summed E-state index contributed by atoms with van der Waals surface area (Å²) in [4.78, 5) is 17.5. The molecule has 4 heteroatoms. The summed E-state index contributed by atoms with van der Waals surface area (Å²) in [5, 5.41) is 10.3. The van der Waals surface area contributed by atoms with Crippen molar-refractivity contribution in [2.45, 2.75) is 63.3 Å². The van der Waals surface area contributed by atoms with Gasteiger partial charge < -0.3 is 10.0 Å². The first-order chi connectivity index (χ1) is 18.2. The van der Waals surface area contributed by atoms with E-state index in [1.165, 1.54) is 43.2 Å². The molecular formula is C33H44N2O2. The SMILES string of the molecule is O=C(O)[C@@H](C1CCCCC1)N1C[C@H](CN2CCC(C/C=C/c3ccccc3)CC2)[C@@H](c2ccccc2)C1. The van der Waals surface area contributed by atoms with Crippen LogP contribution in [0.15, 0.2) is 66.7 Å². The van der Waals surface area contributed by atoms with Crippen molar-refractivity contribution >= 4 is 12.0 Å². The molecule has 37 heavy (non-hydrogen) atoms. The first-order valence-electron chi connectivity index (χ1n) is 14.6. The molecule has 2 heterocycles. The van der Waals surface area contributed by atoms with Crippen molar-refractivity contribution in [1.82, 2.24) is 9.80 Å². The minimum absolute atomic E-state index is 0.307. The number of likely N-dealkylation sites (tertiary alicyclic amines) is 2. The highest BCUT2D eigenvalue weighted by atomic mass is 16.4. The first kappa shape index (κ1) is 26.2. The predicted molar refractivity (Wildman–Crippen MR) is 152 cm³/mol. The van der Waals surface area contributed by atoms with Crippen molar-refractivity contribution < 1.29 is 9.90 Å². The van der Waals surface area contributed by atoms with E-state index < -0.39 is 5.97 Å². The molecule has 0 bridgehead atoms. The monoisotopic (exact) mass is 500 g/mol. The molecule has 2 aromatic carbocycles. The molecule has 3 atom stereocenters. The van der Waals surface area contributed by atoms with Gasteiger partial charge in [0.25, 0.3) is 0 Å². The van der Waals surface area contributed by atoms with Gasteiger partial charge in [0, 0.05) is 25.6 Å². The van der Waals surface area contributed by atoms with Crippen molar-refractivity contribution in [2.75, 3.05) is 32.7 Å². The molecule has 0 spiro atoms. The summed E-state index contributed by atoms with van der Waals surface area (Å²) >= 11 is 0. The maximum Gasteiger partial charge on any atom is 0.321 e. The number of carboxylic acid groups (broad SMARTS) is 1. The van der Waals surface area contributed by atoms with E-state index in [4.69, 9.17) is 0 Å². The van der Waals surface area contributed by atoms with Crippen LogP contribution in [0.3, 0.4) is 0 Å². The zero-order valence-corrected chi connectivity index (χ0v) is 22.3. The van der Waals surface area contributed by atoms with Gasteiger partial charge in [-0.1, -0.05) is 92.1 Å². The highest BCUT2D eigenvalue weighted by Crippen LogP contribution is 2.38. The van der Waals surface area contributed by atoms with E-state index in [1.54, 1.807) is 0 Å². The second-order valence-corrected chi connectivity index (χ2v) is 11.7. The number of carbonyl (C=O) groups is 1. The number of benzene rings is 2. The molecule has 0 amide bonds. The molecular weight excluding hydrogens is 456 g/mol. The summed E-state index contributed by atoms with van der Waals surface area (Å²) in [6, 6.07) is 21.1. The average molecular weight is 501 g/mol. The van der Waals surface area contributed by atoms with E-state index in [0.717, 1.165) is 57.9 Å². The van der Waals surface area contributed by atoms with Crippen molar-refractivity contribution in [3.63, 3.8) is 0 Å². The Bertz CT molecular complexity index is 993. The van der Waals surface area contributed by atoms with Crippen molar-refractivity contribution in [1.29, 1.82) is 0 Å². The summed E-state index contributed by atoms with van der Waals surface area (Å²) in [6.45, 7) is 5.19. The van der Waals surface area contributed by atoms with Gasteiger partial charge in [-0.3, -0.25) is 9.69 Å². The summed E-state index contributed by atoms with van der Waals surface area (Å²) in [5.74, 6) is 1.37. The second-order valence-electron chi connectivity index (χ2n) is 11.7. The van der Waals surface area contributed by atoms with Gasteiger partial charge >= 0.3 is 5.97 Å². The lowest BCUT2D eigenvalue weighted by Crippen LogP contribution is -2.46. The number of hydrogen-bond donors (Lipinski definition) is 1. The molecule has 0 aromatic heterocycles. The number of rotatable bonds is 9. The summed E-state index contributed by atoms with van der Waals surface area (Å²) < 4.78 is 0. The Balaban J connectivity index is 1.20. The van der Waals surface area contributed by atoms with Gasteiger partial charge in [-0.15, -0.1) is 0 Å². The number of allylic oxidation sites excluding steroid dienone is 1. The van der Waals surface area contributed by atoms with Crippen LogP contribution < -0.4 is 0 Å². The van der Waals surface area contributed by atoms with Crippen molar-refractivity contribution in [2.24, 2.45) is 17.8 Å². The average Bonchev–Trinajstić information content (AvgIpc) is 3.34. The van der Waals surface area contributed by atoms with Crippen LogP contribution in [0, 0.1) is 17.8 Å². The fraction of sp³-hybridized carbons (Fsp3) is 0.545. The Morgan fingerprint density at radius 1 is 0.892 bits per heavy atom. The molecule has 3 aliphatic rings. The zero-order chi connectivity index (χ0) is 25.5. The van der Waals surface area contributed by atoms with E-state index in [1.807, 2.05) is 0 Å². The van der Waals surface area contributed by atoms with Crippen molar-refractivity contribution in [3.05, 3.63) is 77.9 Å². The molecule has 1 N–H and O–H groups in total. The topological polar surface area (TPSA) is 43.8 Å². The molecule has 5 rings (SSSR count). The van der Waals surface area contributed by atoms with Crippen LogP contribution in [-0.2, 0) is 4.79 Å². The zero-order valence-electron chi connectivity index (χ0n) is 22.3. The number of nitrogens with zero attached hydrogens (tertiary/aromatic N) is 2.